The van der Waals surface area contributed by atoms with Crippen LogP contribution in [0.5, 0.6) is 0 Å². The molecule has 2 aliphatic rings. The zero-order valence-corrected chi connectivity index (χ0v) is 11.2. The van der Waals surface area contributed by atoms with Gasteiger partial charge in [0.15, 0.2) is 0 Å². The molecular weight excluding hydrogens is 258 g/mol. The summed E-state index contributed by atoms with van der Waals surface area (Å²) in [7, 11) is 1.73. The summed E-state index contributed by atoms with van der Waals surface area (Å²) in [5.41, 5.74) is 2.10. The highest BCUT2D eigenvalue weighted by atomic mass is 16.2. The number of amides is 3. The average molecular weight is 273 g/mol. The van der Waals surface area contributed by atoms with E-state index in [1.807, 2.05) is 0 Å². The fourth-order valence-corrected chi connectivity index (χ4v) is 2.46. The van der Waals surface area contributed by atoms with Crippen molar-refractivity contribution < 1.29 is 14.4 Å². The van der Waals surface area contributed by atoms with Crippen molar-refractivity contribution in [3.05, 3.63) is 29.3 Å². The number of rotatable bonds is 1. The molecule has 0 atom stereocenters. The Morgan fingerprint density at radius 2 is 2.05 bits per heavy atom. The van der Waals surface area contributed by atoms with Crippen LogP contribution >= 0.6 is 0 Å². The minimum absolute atomic E-state index is 0.0561. The van der Waals surface area contributed by atoms with E-state index in [0.717, 1.165) is 5.56 Å². The first-order valence-corrected chi connectivity index (χ1v) is 6.50. The number of nitrogens with one attached hydrogen (secondary N) is 1. The highest BCUT2D eigenvalue weighted by Gasteiger charge is 2.27. The maximum Gasteiger partial charge on any atom is 0.254 e. The van der Waals surface area contributed by atoms with Gasteiger partial charge in [0.05, 0.1) is 6.42 Å². The molecule has 1 aromatic rings. The van der Waals surface area contributed by atoms with E-state index in [1.54, 1.807) is 35.0 Å². The first kappa shape index (κ1) is 12.7. The summed E-state index contributed by atoms with van der Waals surface area (Å²) in [4.78, 5) is 38.5. The predicted molar refractivity (Wildman–Crippen MR) is 72.3 cm³/mol. The van der Waals surface area contributed by atoms with Gasteiger partial charge in [-0.2, -0.15) is 0 Å². The van der Waals surface area contributed by atoms with Crippen LogP contribution in [0.4, 0.5) is 5.69 Å². The third-order valence-corrected chi connectivity index (χ3v) is 3.73. The van der Waals surface area contributed by atoms with Gasteiger partial charge < -0.3 is 15.1 Å². The van der Waals surface area contributed by atoms with Crippen molar-refractivity contribution >= 4 is 23.4 Å². The van der Waals surface area contributed by atoms with Crippen molar-refractivity contribution in [2.75, 3.05) is 32.0 Å². The second kappa shape index (κ2) is 4.63. The fourth-order valence-electron chi connectivity index (χ4n) is 2.46. The molecule has 0 bridgehead atoms. The fraction of sp³-hybridized carbons (Fsp3) is 0.357. The summed E-state index contributed by atoms with van der Waals surface area (Å²) in [6.45, 7) is 1.19. The largest absolute Gasteiger partial charge is 0.342 e. The molecule has 2 aliphatic heterocycles. The molecule has 3 rings (SSSR count). The minimum Gasteiger partial charge on any atom is -0.342 e. The summed E-state index contributed by atoms with van der Waals surface area (Å²) in [5, 5.41) is 2.73. The lowest BCUT2D eigenvalue weighted by Crippen LogP contribution is -2.50. The van der Waals surface area contributed by atoms with Crippen LogP contribution in [-0.4, -0.2) is 54.2 Å². The number of carbonyl (C=O) groups is 3. The van der Waals surface area contributed by atoms with Crippen molar-refractivity contribution in [2.24, 2.45) is 0 Å². The SMILES string of the molecule is CN1CCN(C(=O)c2ccc3c(c2)NC(=O)C3)CC1=O. The molecule has 0 radical (unpaired) electrons. The molecule has 104 valence electrons. The molecule has 0 aliphatic carbocycles. The molecule has 0 spiro atoms. The van der Waals surface area contributed by atoms with Crippen LogP contribution in [0.3, 0.4) is 0 Å². The number of benzene rings is 1. The smallest absolute Gasteiger partial charge is 0.254 e. The second-order valence-electron chi connectivity index (χ2n) is 5.14. The number of likely N-dealkylation sites (N-methyl/N-ethyl adjacent to an activating group) is 1. The van der Waals surface area contributed by atoms with E-state index >= 15 is 0 Å². The third-order valence-electron chi connectivity index (χ3n) is 3.73. The zero-order chi connectivity index (χ0) is 14.3. The lowest BCUT2D eigenvalue weighted by molar-refractivity contribution is -0.133. The average Bonchev–Trinajstić information content (AvgIpc) is 2.80. The molecular formula is C14H15N3O3. The summed E-state index contributed by atoms with van der Waals surface area (Å²) in [5.74, 6) is -0.283. The Morgan fingerprint density at radius 1 is 1.25 bits per heavy atom. The van der Waals surface area contributed by atoms with Gasteiger partial charge in [0.25, 0.3) is 5.91 Å². The monoisotopic (exact) mass is 273 g/mol. The molecule has 6 heteroatoms. The van der Waals surface area contributed by atoms with Gasteiger partial charge in [-0.1, -0.05) is 6.07 Å². The first-order valence-electron chi connectivity index (χ1n) is 6.50. The van der Waals surface area contributed by atoms with Gasteiger partial charge in [-0.25, -0.2) is 0 Å². The summed E-state index contributed by atoms with van der Waals surface area (Å²) in [6, 6.07) is 5.19. The van der Waals surface area contributed by atoms with Crippen molar-refractivity contribution in [1.29, 1.82) is 0 Å². The molecule has 6 nitrogen and oxygen atoms in total. The van der Waals surface area contributed by atoms with E-state index in [2.05, 4.69) is 5.32 Å². The summed E-state index contributed by atoms with van der Waals surface area (Å²) >= 11 is 0. The van der Waals surface area contributed by atoms with Gasteiger partial charge in [-0.3, -0.25) is 14.4 Å². The number of hydrogen-bond donors (Lipinski definition) is 1. The maximum atomic E-state index is 12.4. The van der Waals surface area contributed by atoms with E-state index in [9.17, 15) is 14.4 Å². The van der Waals surface area contributed by atoms with Crippen molar-refractivity contribution in [1.82, 2.24) is 9.80 Å². The van der Waals surface area contributed by atoms with Crippen LogP contribution < -0.4 is 5.32 Å². The number of hydrogen-bond acceptors (Lipinski definition) is 3. The Bertz CT molecular complexity index is 612. The Labute approximate surface area is 116 Å². The van der Waals surface area contributed by atoms with Gasteiger partial charge in [-0.05, 0) is 17.7 Å². The molecule has 0 aromatic heterocycles. The molecule has 1 saturated heterocycles. The van der Waals surface area contributed by atoms with Crippen molar-refractivity contribution in [3.63, 3.8) is 0 Å². The van der Waals surface area contributed by atoms with Gasteiger partial charge in [-0.15, -0.1) is 0 Å². The highest BCUT2D eigenvalue weighted by Crippen LogP contribution is 2.24. The van der Waals surface area contributed by atoms with Crippen molar-refractivity contribution in [2.45, 2.75) is 6.42 Å². The lowest BCUT2D eigenvalue weighted by atomic mass is 10.1. The number of fused-ring (bicyclic) bond motifs is 1. The Kier molecular flexibility index (Phi) is 2.93. The number of anilines is 1. The molecule has 3 amide bonds. The standard InChI is InChI=1S/C14H15N3O3/c1-16-4-5-17(8-13(16)19)14(20)10-3-2-9-7-12(18)15-11(9)6-10/h2-3,6H,4-5,7-8H2,1H3,(H,15,18). The Hall–Kier alpha value is -2.37. The molecule has 0 saturated carbocycles. The zero-order valence-electron chi connectivity index (χ0n) is 11.2. The molecule has 1 fully saturated rings. The third kappa shape index (κ3) is 2.13. The minimum atomic E-state index is -0.171. The van der Waals surface area contributed by atoms with Crippen LogP contribution in [0.25, 0.3) is 0 Å². The van der Waals surface area contributed by atoms with Crippen LogP contribution in [0.2, 0.25) is 0 Å². The van der Waals surface area contributed by atoms with E-state index in [4.69, 9.17) is 0 Å². The quantitative estimate of drug-likeness (QED) is 0.788. The lowest BCUT2D eigenvalue weighted by Gasteiger charge is -2.32. The van der Waals surface area contributed by atoms with E-state index in [-0.39, 0.29) is 24.3 Å². The van der Waals surface area contributed by atoms with Crippen molar-refractivity contribution in [3.8, 4) is 0 Å². The maximum absolute atomic E-state index is 12.4. The molecule has 1 aromatic carbocycles. The molecule has 2 heterocycles. The number of carbonyl (C=O) groups excluding carboxylic acids is 3. The van der Waals surface area contributed by atoms with Gasteiger partial charge in [0.1, 0.15) is 6.54 Å². The number of piperazine rings is 1. The molecule has 1 N–H and O–H groups in total. The van der Waals surface area contributed by atoms with E-state index < -0.39 is 0 Å². The van der Waals surface area contributed by atoms with Crippen LogP contribution in [0.1, 0.15) is 15.9 Å². The predicted octanol–water partition coefficient (Wildman–Crippen LogP) is 0.0954. The number of nitrogens with zero attached hydrogens (tertiary/aromatic N) is 2. The summed E-state index contributed by atoms with van der Waals surface area (Å²) in [6.07, 6.45) is 0.358. The topological polar surface area (TPSA) is 69.7 Å². The van der Waals surface area contributed by atoms with E-state index in [1.165, 1.54) is 0 Å². The second-order valence-corrected chi connectivity index (χ2v) is 5.14. The molecule has 0 unspecified atom stereocenters. The van der Waals surface area contributed by atoms with Crippen LogP contribution in [0, 0.1) is 0 Å². The van der Waals surface area contributed by atoms with Gasteiger partial charge >= 0.3 is 0 Å². The van der Waals surface area contributed by atoms with E-state index in [0.29, 0.717) is 30.8 Å². The van der Waals surface area contributed by atoms with Crippen LogP contribution in [-0.2, 0) is 16.0 Å². The highest BCUT2D eigenvalue weighted by molar-refractivity contribution is 6.03. The Balaban J connectivity index is 1.80. The Morgan fingerprint density at radius 3 is 2.80 bits per heavy atom. The summed E-state index contributed by atoms with van der Waals surface area (Å²) < 4.78 is 0. The molecule has 20 heavy (non-hydrogen) atoms. The first-order chi connectivity index (χ1) is 9.54. The normalized spacial score (nSPS) is 18.1. The van der Waals surface area contributed by atoms with Gasteiger partial charge in [0.2, 0.25) is 11.8 Å². The van der Waals surface area contributed by atoms with Gasteiger partial charge in [0, 0.05) is 31.4 Å². The van der Waals surface area contributed by atoms with Crippen LogP contribution in [0.15, 0.2) is 18.2 Å².